The van der Waals surface area contributed by atoms with Crippen LogP contribution in [0, 0.1) is 6.92 Å². The molecule has 0 spiro atoms. The summed E-state index contributed by atoms with van der Waals surface area (Å²) in [5, 5.41) is 9.83. The molecule has 2 atom stereocenters. The fourth-order valence-corrected chi connectivity index (χ4v) is 3.72. The molecule has 1 aliphatic rings. The van der Waals surface area contributed by atoms with E-state index < -0.39 is 0 Å². The Kier molecular flexibility index (Phi) is 4.29. The lowest BCUT2D eigenvalue weighted by Gasteiger charge is -2.34. The number of phenols is 1. The molecule has 0 aliphatic carbocycles. The Morgan fingerprint density at radius 1 is 0.923 bits per heavy atom. The second kappa shape index (κ2) is 6.75. The van der Waals surface area contributed by atoms with Gasteiger partial charge in [0.15, 0.2) is 0 Å². The number of methoxy groups -OCH3 is 1. The van der Waals surface area contributed by atoms with E-state index in [1.807, 2.05) is 18.2 Å². The Balaban J connectivity index is 1.82. The summed E-state index contributed by atoms with van der Waals surface area (Å²) in [6.45, 7) is 2.68. The molecule has 1 heterocycles. The molecule has 26 heavy (non-hydrogen) atoms. The van der Waals surface area contributed by atoms with Crippen molar-refractivity contribution in [1.82, 2.24) is 0 Å². The van der Waals surface area contributed by atoms with Crippen LogP contribution in [0.2, 0.25) is 0 Å². The van der Waals surface area contributed by atoms with Gasteiger partial charge in [-0.3, -0.25) is 0 Å². The molecule has 3 nitrogen and oxygen atoms in total. The number of hydrogen-bond donors (Lipinski definition) is 1. The second-order valence-electron chi connectivity index (χ2n) is 6.80. The van der Waals surface area contributed by atoms with Gasteiger partial charge in [0, 0.05) is 23.5 Å². The fraction of sp³-hybridized carbons (Fsp3) is 0.217. The first-order valence-corrected chi connectivity index (χ1v) is 8.82. The van der Waals surface area contributed by atoms with Crippen LogP contribution < -0.4 is 9.47 Å². The van der Waals surface area contributed by atoms with Crippen LogP contribution in [0.15, 0.2) is 66.7 Å². The predicted molar refractivity (Wildman–Crippen MR) is 102 cm³/mol. The summed E-state index contributed by atoms with van der Waals surface area (Å²) in [6, 6.07) is 22.3. The van der Waals surface area contributed by atoms with Gasteiger partial charge >= 0.3 is 0 Å². The second-order valence-corrected chi connectivity index (χ2v) is 6.80. The molecule has 0 aromatic heterocycles. The van der Waals surface area contributed by atoms with E-state index in [9.17, 15) is 5.11 Å². The summed E-state index contributed by atoms with van der Waals surface area (Å²) in [5.74, 6) is 2.20. The number of ether oxygens (including phenoxy) is 2. The molecule has 132 valence electrons. The number of hydrogen-bond acceptors (Lipinski definition) is 3. The average Bonchev–Trinajstić information content (AvgIpc) is 2.68. The summed E-state index contributed by atoms with van der Waals surface area (Å²) in [5.41, 5.74) is 4.82. The van der Waals surface area contributed by atoms with Gasteiger partial charge in [-0.15, -0.1) is 0 Å². The van der Waals surface area contributed by atoms with Crippen molar-refractivity contribution in [2.24, 2.45) is 0 Å². The normalized spacial score (nSPS) is 18.7. The van der Waals surface area contributed by atoms with E-state index in [0.29, 0.717) is 6.61 Å². The Labute approximate surface area is 153 Å². The Hall–Kier alpha value is -2.94. The zero-order valence-electron chi connectivity index (χ0n) is 15.0. The van der Waals surface area contributed by atoms with E-state index in [2.05, 4.69) is 43.3 Å². The smallest absolute Gasteiger partial charge is 0.126 e. The van der Waals surface area contributed by atoms with Gasteiger partial charge in [0.25, 0.3) is 0 Å². The van der Waals surface area contributed by atoms with E-state index in [4.69, 9.17) is 9.47 Å². The van der Waals surface area contributed by atoms with E-state index in [-0.39, 0.29) is 17.6 Å². The first kappa shape index (κ1) is 16.5. The van der Waals surface area contributed by atoms with Gasteiger partial charge in [0.1, 0.15) is 17.2 Å². The van der Waals surface area contributed by atoms with Gasteiger partial charge in [-0.1, -0.05) is 48.0 Å². The van der Waals surface area contributed by atoms with Gasteiger partial charge in [-0.2, -0.15) is 0 Å². The molecule has 0 fully saturated rings. The third kappa shape index (κ3) is 3.01. The molecule has 0 saturated heterocycles. The van der Waals surface area contributed by atoms with Gasteiger partial charge < -0.3 is 14.6 Å². The Bertz CT molecular complexity index is 898. The molecular weight excluding hydrogens is 324 g/mol. The molecule has 4 rings (SSSR count). The highest BCUT2D eigenvalue weighted by Gasteiger charge is 2.33. The van der Waals surface area contributed by atoms with Gasteiger partial charge in [0.05, 0.1) is 13.7 Å². The van der Waals surface area contributed by atoms with E-state index >= 15 is 0 Å². The standard InChI is InChI=1S/C23H22O3/c1-15-3-5-16(6-4-15)21-14-26-22-13-18(24)9-12-20(22)23(21)17-7-10-19(25-2)11-8-17/h3-13,21,23-24H,14H2,1-2H3/t21-,23-/m0/s1. The average molecular weight is 346 g/mol. The van der Waals surface area contributed by atoms with E-state index in [1.165, 1.54) is 16.7 Å². The monoisotopic (exact) mass is 346 g/mol. The fourth-order valence-electron chi connectivity index (χ4n) is 3.72. The molecule has 0 unspecified atom stereocenters. The van der Waals surface area contributed by atoms with Crippen LogP contribution in [-0.2, 0) is 0 Å². The molecule has 3 aromatic rings. The van der Waals surface area contributed by atoms with Crippen molar-refractivity contribution in [3.63, 3.8) is 0 Å². The summed E-state index contributed by atoms with van der Waals surface area (Å²) in [4.78, 5) is 0. The molecule has 3 heteroatoms. The molecule has 3 aromatic carbocycles. The van der Waals surface area contributed by atoms with Crippen LogP contribution in [0.25, 0.3) is 0 Å². The highest BCUT2D eigenvalue weighted by Crippen LogP contribution is 2.47. The summed E-state index contributed by atoms with van der Waals surface area (Å²) in [7, 11) is 1.68. The SMILES string of the molecule is COc1ccc([C@H]2c3ccc(O)cc3OC[C@H]2c2ccc(C)cc2)cc1. The molecule has 0 bridgehead atoms. The third-order valence-corrected chi connectivity index (χ3v) is 5.13. The van der Waals surface area contributed by atoms with Gasteiger partial charge in [0.2, 0.25) is 0 Å². The zero-order valence-corrected chi connectivity index (χ0v) is 15.0. The summed E-state index contributed by atoms with van der Waals surface area (Å²) < 4.78 is 11.3. The van der Waals surface area contributed by atoms with Crippen LogP contribution in [0.4, 0.5) is 0 Å². The van der Waals surface area contributed by atoms with Crippen molar-refractivity contribution in [2.45, 2.75) is 18.8 Å². The number of fused-ring (bicyclic) bond motifs is 1. The number of rotatable bonds is 3. The summed E-state index contributed by atoms with van der Waals surface area (Å²) in [6.07, 6.45) is 0. The molecule has 0 radical (unpaired) electrons. The molecule has 0 saturated carbocycles. The van der Waals surface area contributed by atoms with Crippen LogP contribution in [0.1, 0.15) is 34.1 Å². The minimum atomic E-state index is 0.160. The van der Waals surface area contributed by atoms with Crippen molar-refractivity contribution in [3.05, 3.63) is 89.0 Å². The Morgan fingerprint density at radius 3 is 2.31 bits per heavy atom. The first-order chi connectivity index (χ1) is 12.7. The van der Waals surface area contributed by atoms with Gasteiger partial charge in [-0.05, 0) is 36.2 Å². The molecular formula is C23H22O3. The van der Waals surface area contributed by atoms with Crippen LogP contribution in [-0.4, -0.2) is 18.8 Å². The van der Waals surface area contributed by atoms with E-state index in [1.54, 1.807) is 19.2 Å². The maximum absolute atomic E-state index is 9.83. The van der Waals surface area contributed by atoms with Crippen LogP contribution in [0.3, 0.4) is 0 Å². The maximum atomic E-state index is 9.83. The number of aryl methyl sites for hydroxylation is 1. The first-order valence-electron chi connectivity index (χ1n) is 8.82. The van der Waals surface area contributed by atoms with Crippen molar-refractivity contribution in [3.8, 4) is 17.2 Å². The minimum absolute atomic E-state index is 0.160. The van der Waals surface area contributed by atoms with Crippen molar-refractivity contribution < 1.29 is 14.6 Å². The molecule has 1 aliphatic heterocycles. The number of benzene rings is 3. The highest BCUT2D eigenvalue weighted by molar-refractivity contribution is 5.51. The molecule has 0 amide bonds. The van der Waals surface area contributed by atoms with E-state index in [0.717, 1.165) is 17.1 Å². The lowest BCUT2D eigenvalue weighted by molar-refractivity contribution is 0.247. The van der Waals surface area contributed by atoms with Crippen LogP contribution in [0.5, 0.6) is 17.2 Å². The third-order valence-electron chi connectivity index (χ3n) is 5.13. The zero-order chi connectivity index (χ0) is 18.1. The predicted octanol–water partition coefficient (Wildman–Crippen LogP) is 5.02. The van der Waals surface area contributed by atoms with Crippen molar-refractivity contribution in [2.75, 3.05) is 13.7 Å². The quantitative estimate of drug-likeness (QED) is 0.724. The number of phenolic OH excluding ortho intramolecular Hbond substituents is 1. The summed E-state index contributed by atoms with van der Waals surface area (Å²) >= 11 is 0. The van der Waals surface area contributed by atoms with Crippen molar-refractivity contribution in [1.29, 1.82) is 0 Å². The largest absolute Gasteiger partial charge is 0.508 e. The van der Waals surface area contributed by atoms with Crippen molar-refractivity contribution >= 4 is 0 Å². The Morgan fingerprint density at radius 2 is 1.62 bits per heavy atom. The van der Waals surface area contributed by atoms with Crippen LogP contribution >= 0.6 is 0 Å². The lowest BCUT2D eigenvalue weighted by Crippen LogP contribution is -2.25. The topological polar surface area (TPSA) is 38.7 Å². The molecule has 1 N–H and O–H groups in total. The highest BCUT2D eigenvalue weighted by atomic mass is 16.5. The van der Waals surface area contributed by atoms with Gasteiger partial charge in [-0.25, -0.2) is 0 Å². The number of aromatic hydroxyl groups is 1. The minimum Gasteiger partial charge on any atom is -0.508 e. The lowest BCUT2D eigenvalue weighted by atomic mass is 9.76. The maximum Gasteiger partial charge on any atom is 0.126 e.